The van der Waals surface area contributed by atoms with E-state index in [1.165, 1.54) is 61.6 Å². The monoisotopic (exact) mass is 413 g/mol. The highest BCUT2D eigenvalue weighted by atomic mass is 79.9. The zero-order valence-corrected chi connectivity index (χ0v) is 17.4. The van der Waals surface area contributed by atoms with Gasteiger partial charge in [0.1, 0.15) is 5.75 Å². The molecule has 1 aliphatic carbocycles. The number of hydrogen-bond donors (Lipinski definition) is 0. The van der Waals surface area contributed by atoms with Crippen LogP contribution in [0.15, 0.2) is 46.9 Å². The smallest absolute Gasteiger partial charge is 0.133 e. The molecular formula is C24H30BrO. The van der Waals surface area contributed by atoms with Gasteiger partial charge in [0, 0.05) is 0 Å². The highest BCUT2D eigenvalue weighted by Gasteiger charge is 2.15. The lowest BCUT2D eigenvalue weighted by Gasteiger charge is -2.22. The Morgan fingerprint density at radius 3 is 2.35 bits per heavy atom. The highest BCUT2D eigenvalue weighted by Crippen LogP contribution is 2.34. The Balaban J connectivity index is 1.61. The van der Waals surface area contributed by atoms with Gasteiger partial charge in [-0.15, -0.1) is 0 Å². The molecule has 0 N–H and O–H groups in total. The van der Waals surface area contributed by atoms with Crippen LogP contribution in [0.5, 0.6) is 5.75 Å². The van der Waals surface area contributed by atoms with Crippen LogP contribution in [0.4, 0.5) is 0 Å². The number of hydrogen-bond acceptors (Lipinski definition) is 1. The Labute approximate surface area is 167 Å². The van der Waals surface area contributed by atoms with E-state index < -0.39 is 0 Å². The van der Waals surface area contributed by atoms with Gasteiger partial charge in [-0.2, -0.15) is 0 Å². The van der Waals surface area contributed by atoms with Gasteiger partial charge in [-0.05, 0) is 89.2 Å². The van der Waals surface area contributed by atoms with Gasteiger partial charge in [0.05, 0.1) is 11.1 Å². The molecule has 0 spiro atoms. The molecule has 0 atom stereocenters. The molecule has 0 aliphatic heterocycles. The first kappa shape index (κ1) is 19.5. The first-order chi connectivity index (χ1) is 12.8. The third kappa shape index (κ3) is 5.36. The van der Waals surface area contributed by atoms with Gasteiger partial charge in [0.15, 0.2) is 0 Å². The van der Waals surface area contributed by atoms with Crippen LogP contribution in [0.2, 0.25) is 0 Å². The van der Waals surface area contributed by atoms with Crippen molar-refractivity contribution in [3.05, 3.63) is 58.9 Å². The molecular weight excluding hydrogens is 384 g/mol. The maximum Gasteiger partial charge on any atom is 0.133 e. The average molecular weight is 414 g/mol. The van der Waals surface area contributed by atoms with Crippen molar-refractivity contribution >= 4 is 15.9 Å². The van der Waals surface area contributed by atoms with Crippen molar-refractivity contribution in [2.24, 2.45) is 0 Å². The quantitative estimate of drug-likeness (QED) is 0.399. The lowest BCUT2D eigenvalue weighted by atomic mass is 9.84. The lowest BCUT2D eigenvalue weighted by molar-refractivity contribution is 0.303. The van der Waals surface area contributed by atoms with Crippen molar-refractivity contribution in [3.8, 4) is 16.9 Å². The van der Waals surface area contributed by atoms with E-state index in [2.05, 4.69) is 71.7 Å². The first-order valence-electron chi connectivity index (χ1n) is 10.1. The topological polar surface area (TPSA) is 9.23 Å². The van der Waals surface area contributed by atoms with E-state index in [-0.39, 0.29) is 0 Å². The minimum Gasteiger partial charge on any atom is -0.492 e. The molecule has 1 nitrogen and oxygen atoms in total. The molecule has 1 saturated carbocycles. The van der Waals surface area contributed by atoms with Gasteiger partial charge in [0.2, 0.25) is 0 Å². The van der Waals surface area contributed by atoms with Gasteiger partial charge in [0.25, 0.3) is 0 Å². The fraction of sp³-hybridized carbons (Fsp3) is 0.458. The third-order valence-corrected chi connectivity index (χ3v) is 5.96. The van der Waals surface area contributed by atoms with E-state index >= 15 is 0 Å². The molecule has 0 unspecified atom stereocenters. The van der Waals surface area contributed by atoms with Crippen molar-refractivity contribution in [1.82, 2.24) is 0 Å². The van der Waals surface area contributed by atoms with Gasteiger partial charge in [-0.3, -0.25) is 0 Å². The summed E-state index contributed by atoms with van der Waals surface area (Å²) in [6.07, 6.45) is 12.5. The minimum atomic E-state index is 0.740. The largest absolute Gasteiger partial charge is 0.492 e. The number of benzene rings is 2. The molecule has 139 valence electrons. The van der Waals surface area contributed by atoms with Crippen molar-refractivity contribution in [1.29, 1.82) is 0 Å². The van der Waals surface area contributed by atoms with Crippen LogP contribution in [0.25, 0.3) is 11.1 Å². The summed E-state index contributed by atoms with van der Waals surface area (Å²) >= 11 is 3.68. The SMILES string of the molecule is CCCCCCOc1ccc(-c2ccc(C3CC[CH]CC3)cc2)cc1Br. The molecule has 0 heterocycles. The normalized spacial score (nSPS) is 15.2. The van der Waals surface area contributed by atoms with Gasteiger partial charge >= 0.3 is 0 Å². The fourth-order valence-corrected chi connectivity index (χ4v) is 4.21. The van der Waals surface area contributed by atoms with Crippen LogP contribution in [0.1, 0.15) is 69.8 Å². The van der Waals surface area contributed by atoms with Gasteiger partial charge in [-0.1, -0.05) is 56.5 Å². The van der Waals surface area contributed by atoms with Crippen molar-refractivity contribution in [2.45, 2.75) is 64.2 Å². The summed E-state index contributed by atoms with van der Waals surface area (Å²) in [6.45, 7) is 3.03. The highest BCUT2D eigenvalue weighted by molar-refractivity contribution is 9.10. The van der Waals surface area contributed by atoms with Gasteiger partial charge < -0.3 is 4.74 Å². The molecule has 0 amide bonds. The molecule has 2 heteroatoms. The molecule has 1 aliphatic rings. The van der Waals surface area contributed by atoms with E-state index in [9.17, 15) is 0 Å². The summed E-state index contributed by atoms with van der Waals surface area (Å²) in [5.41, 5.74) is 4.00. The van der Waals surface area contributed by atoms with Crippen molar-refractivity contribution in [2.75, 3.05) is 6.61 Å². The van der Waals surface area contributed by atoms with Crippen LogP contribution in [-0.4, -0.2) is 6.61 Å². The van der Waals surface area contributed by atoms with Gasteiger partial charge in [-0.25, -0.2) is 0 Å². The lowest BCUT2D eigenvalue weighted by Crippen LogP contribution is -2.04. The van der Waals surface area contributed by atoms with Crippen LogP contribution in [0, 0.1) is 6.42 Å². The average Bonchev–Trinajstić information content (AvgIpc) is 2.70. The third-order valence-electron chi connectivity index (χ3n) is 5.34. The molecule has 2 aromatic rings. The van der Waals surface area contributed by atoms with Crippen molar-refractivity contribution < 1.29 is 4.74 Å². The maximum absolute atomic E-state index is 5.92. The second-order valence-corrected chi connectivity index (χ2v) is 8.17. The Morgan fingerprint density at radius 2 is 1.65 bits per heavy atom. The van der Waals surface area contributed by atoms with Crippen LogP contribution >= 0.6 is 15.9 Å². The summed E-state index contributed by atoms with van der Waals surface area (Å²) in [5, 5.41) is 0. The maximum atomic E-state index is 5.92. The first-order valence-corrected chi connectivity index (χ1v) is 10.9. The van der Waals surface area contributed by atoms with Crippen LogP contribution in [0.3, 0.4) is 0 Å². The summed E-state index contributed by atoms with van der Waals surface area (Å²) < 4.78 is 6.96. The molecule has 3 rings (SSSR count). The summed E-state index contributed by atoms with van der Waals surface area (Å²) in [5.74, 6) is 1.68. The fourth-order valence-electron chi connectivity index (χ4n) is 3.72. The number of halogens is 1. The Kier molecular flexibility index (Phi) is 7.61. The summed E-state index contributed by atoms with van der Waals surface area (Å²) in [6, 6.07) is 15.6. The van der Waals surface area contributed by atoms with E-state index in [1.54, 1.807) is 0 Å². The van der Waals surface area contributed by atoms with Crippen LogP contribution < -0.4 is 4.74 Å². The Morgan fingerprint density at radius 1 is 0.923 bits per heavy atom. The predicted octanol–water partition coefficient (Wildman–Crippen LogP) is 7.94. The zero-order chi connectivity index (χ0) is 18.2. The zero-order valence-electron chi connectivity index (χ0n) is 15.8. The summed E-state index contributed by atoms with van der Waals surface area (Å²) in [7, 11) is 0. The van der Waals surface area contributed by atoms with E-state index in [4.69, 9.17) is 4.74 Å². The predicted molar refractivity (Wildman–Crippen MR) is 115 cm³/mol. The minimum absolute atomic E-state index is 0.740. The Hall–Kier alpha value is -1.28. The molecule has 1 radical (unpaired) electrons. The standard InChI is InChI=1S/C24H30BrO/c1-2-3-4-8-17-26-24-16-15-22(18-23(24)25)21-13-11-20(12-14-21)19-9-6-5-7-10-19/h5,11-16,18-19H,2-4,6-10,17H2,1H3. The Bertz CT molecular complexity index is 671. The van der Waals surface area contributed by atoms with E-state index in [0.29, 0.717) is 0 Å². The summed E-state index contributed by atoms with van der Waals surface area (Å²) in [4.78, 5) is 0. The van der Waals surface area contributed by atoms with Crippen molar-refractivity contribution in [3.63, 3.8) is 0 Å². The molecule has 2 aromatic carbocycles. The van der Waals surface area contributed by atoms with E-state index in [1.807, 2.05) is 0 Å². The molecule has 0 bridgehead atoms. The second-order valence-electron chi connectivity index (χ2n) is 7.32. The molecule has 1 fully saturated rings. The van der Waals surface area contributed by atoms with E-state index in [0.717, 1.165) is 29.2 Å². The molecule has 0 saturated heterocycles. The molecule has 26 heavy (non-hydrogen) atoms. The second kappa shape index (κ2) is 10.2. The number of ether oxygens (including phenoxy) is 1. The van der Waals surface area contributed by atoms with Crippen LogP contribution in [-0.2, 0) is 0 Å². The number of rotatable bonds is 8. The number of unbranched alkanes of at least 4 members (excludes halogenated alkanes) is 3. The molecule has 0 aromatic heterocycles.